The summed E-state index contributed by atoms with van der Waals surface area (Å²) in [5.41, 5.74) is 0. The summed E-state index contributed by atoms with van der Waals surface area (Å²) < 4.78 is 36.6. The van der Waals surface area contributed by atoms with E-state index in [1.165, 1.54) is 0 Å². The summed E-state index contributed by atoms with van der Waals surface area (Å²) in [6.45, 7) is 0. The Labute approximate surface area is 55.4 Å². The number of alkyl halides is 3. The van der Waals surface area contributed by atoms with E-state index in [0.29, 0.717) is 4.90 Å². The van der Waals surface area contributed by atoms with Gasteiger partial charge in [0.15, 0.2) is 0 Å². The number of rotatable bonds is 0. The van der Waals surface area contributed by atoms with Gasteiger partial charge in [-0.05, 0) is 0 Å². The third-order valence-corrected chi connectivity index (χ3v) is 0.568. The molecule has 0 saturated heterocycles. The van der Waals surface area contributed by atoms with Crippen molar-refractivity contribution in [1.82, 2.24) is 4.90 Å². The molecule has 10 heavy (non-hydrogen) atoms. The fraction of sp³-hybridized carbons (Fsp3) is 0.750. The van der Waals surface area contributed by atoms with Gasteiger partial charge >= 0.3 is 12.5 Å². The van der Waals surface area contributed by atoms with E-state index in [0.717, 1.165) is 14.1 Å². The summed E-state index contributed by atoms with van der Waals surface area (Å²) >= 11 is 0. The van der Waals surface area contributed by atoms with Crippen molar-refractivity contribution >= 4 is 6.09 Å². The molecule has 3 nitrogen and oxygen atoms in total. The van der Waals surface area contributed by atoms with Crippen LogP contribution >= 0.6 is 0 Å². The topological polar surface area (TPSA) is 29.5 Å². The van der Waals surface area contributed by atoms with Crippen LogP contribution < -0.4 is 0 Å². The maximum Gasteiger partial charge on any atom is 0.576 e. The first-order chi connectivity index (χ1) is 4.33. The Morgan fingerprint density at radius 3 is 1.90 bits per heavy atom. The van der Waals surface area contributed by atoms with Crippen LogP contribution in [0.3, 0.4) is 0 Å². The van der Waals surface area contributed by atoms with Gasteiger partial charge in [0.05, 0.1) is 0 Å². The molecule has 0 unspecified atom stereocenters. The van der Waals surface area contributed by atoms with Gasteiger partial charge in [0.25, 0.3) is 0 Å². The Morgan fingerprint density at radius 1 is 1.40 bits per heavy atom. The van der Waals surface area contributed by atoms with Crippen molar-refractivity contribution in [2.75, 3.05) is 14.1 Å². The molecule has 1 amide bonds. The lowest BCUT2D eigenvalue weighted by Gasteiger charge is -2.11. The molecule has 0 aromatic heterocycles. The van der Waals surface area contributed by atoms with E-state index in [-0.39, 0.29) is 0 Å². The third kappa shape index (κ3) is 3.99. The Morgan fingerprint density at radius 2 is 1.80 bits per heavy atom. The summed E-state index contributed by atoms with van der Waals surface area (Å²) in [4.78, 5) is 10.8. The van der Waals surface area contributed by atoms with Crippen molar-refractivity contribution in [3.63, 3.8) is 0 Å². The lowest BCUT2D eigenvalue weighted by molar-refractivity contribution is -0.294. The standard InChI is InChI=1S/C4H6F3NO2/c1-8(2)3(9)10-4(5,6)7/h1-2H3. The van der Waals surface area contributed by atoms with Crippen molar-refractivity contribution in [2.24, 2.45) is 0 Å². The molecule has 0 fully saturated rings. The minimum atomic E-state index is -4.89. The fourth-order valence-electron chi connectivity index (χ4n) is 0.190. The molecular formula is C4H6F3NO2. The maximum absolute atomic E-state index is 11.2. The van der Waals surface area contributed by atoms with Crippen molar-refractivity contribution in [3.8, 4) is 0 Å². The number of nitrogens with zero attached hydrogens (tertiary/aromatic N) is 1. The van der Waals surface area contributed by atoms with Crippen LogP contribution in [0.4, 0.5) is 18.0 Å². The summed E-state index contributed by atoms with van der Waals surface area (Å²) in [6, 6.07) is 0. The zero-order valence-corrected chi connectivity index (χ0v) is 5.40. The van der Waals surface area contributed by atoms with Crippen LogP contribution in [0.1, 0.15) is 0 Å². The number of ether oxygens (including phenoxy) is 1. The van der Waals surface area contributed by atoms with E-state index >= 15 is 0 Å². The van der Waals surface area contributed by atoms with Gasteiger partial charge in [-0.15, -0.1) is 13.2 Å². The summed E-state index contributed by atoms with van der Waals surface area (Å²) in [5.74, 6) is 0. The van der Waals surface area contributed by atoms with E-state index in [4.69, 9.17) is 0 Å². The van der Waals surface area contributed by atoms with Crippen molar-refractivity contribution in [3.05, 3.63) is 0 Å². The zero-order valence-electron chi connectivity index (χ0n) is 5.40. The highest BCUT2D eigenvalue weighted by molar-refractivity contribution is 5.66. The van der Waals surface area contributed by atoms with E-state index < -0.39 is 12.5 Å². The van der Waals surface area contributed by atoms with Crippen molar-refractivity contribution in [2.45, 2.75) is 6.36 Å². The van der Waals surface area contributed by atoms with Gasteiger partial charge in [-0.2, -0.15) is 0 Å². The predicted molar refractivity (Wildman–Crippen MR) is 26.2 cm³/mol. The van der Waals surface area contributed by atoms with Gasteiger partial charge in [-0.3, -0.25) is 0 Å². The quantitative estimate of drug-likeness (QED) is 0.528. The molecule has 0 aromatic rings. The van der Waals surface area contributed by atoms with Crippen LogP contribution in [0, 0.1) is 0 Å². The molecule has 0 aromatic carbocycles. The van der Waals surface area contributed by atoms with Crippen LogP contribution in [-0.4, -0.2) is 31.5 Å². The van der Waals surface area contributed by atoms with E-state index in [1.807, 2.05) is 0 Å². The number of carbonyl (C=O) groups is 1. The second-order valence-corrected chi connectivity index (χ2v) is 1.71. The summed E-state index contributed by atoms with van der Waals surface area (Å²) in [6.07, 6.45) is -6.31. The molecule has 0 saturated carbocycles. The van der Waals surface area contributed by atoms with E-state index in [1.54, 1.807) is 0 Å². The molecule has 0 N–H and O–H groups in total. The fourth-order valence-corrected chi connectivity index (χ4v) is 0.190. The highest BCUT2D eigenvalue weighted by Gasteiger charge is 2.34. The first-order valence-corrected chi connectivity index (χ1v) is 2.30. The molecule has 0 aliphatic heterocycles. The number of hydrogen-bond donors (Lipinski definition) is 0. The Hall–Kier alpha value is -0.940. The second kappa shape index (κ2) is 2.76. The van der Waals surface area contributed by atoms with Gasteiger partial charge in [0, 0.05) is 14.1 Å². The predicted octanol–water partition coefficient (Wildman–Crippen LogP) is 1.20. The molecule has 0 spiro atoms. The van der Waals surface area contributed by atoms with Crippen molar-refractivity contribution in [1.29, 1.82) is 0 Å². The van der Waals surface area contributed by atoms with Crippen LogP contribution in [0.2, 0.25) is 0 Å². The average molecular weight is 157 g/mol. The molecule has 6 heteroatoms. The minimum absolute atomic E-state index is 0.688. The average Bonchev–Trinajstić information content (AvgIpc) is 1.60. The van der Waals surface area contributed by atoms with Crippen LogP contribution in [-0.2, 0) is 4.74 Å². The monoisotopic (exact) mass is 157 g/mol. The van der Waals surface area contributed by atoms with Crippen LogP contribution in [0.15, 0.2) is 0 Å². The number of halogens is 3. The molecule has 0 radical (unpaired) electrons. The third-order valence-electron chi connectivity index (χ3n) is 0.568. The summed E-state index contributed by atoms with van der Waals surface area (Å²) in [5, 5.41) is 0. The largest absolute Gasteiger partial charge is 0.576 e. The van der Waals surface area contributed by atoms with Gasteiger partial charge < -0.3 is 9.64 Å². The highest BCUT2D eigenvalue weighted by Crippen LogP contribution is 2.16. The van der Waals surface area contributed by atoms with E-state index in [9.17, 15) is 18.0 Å². The molecule has 0 aliphatic rings. The van der Waals surface area contributed by atoms with E-state index in [2.05, 4.69) is 4.74 Å². The molecule has 0 bridgehead atoms. The zero-order chi connectivity index (χ0) is 8.36. The molecule has 0 rings (SSSR count). The lowest BCUT2D eigenvalue weighted by atomic mass is 10.9. The molecular weight excluding hydrogens is 151 g/mol. The van der Waals surface area contributed by atoms with Gasteiger partial charge in [-0.1, -0.05) is 0 Å². The smallest absolute Gasteiger partial charge is 0.356 e. The Bertz CT molecular complexity index is 131. The van der Waals surface area contributed by atoms with Crippen LogP contribution in [0.25, 0.3) is 0 Å². The molecule has 60 valence electrons. The Balaban J connectivity index is 3.81. The first kappa shape index (κ1) is 9.06. The Kier molecular flexibility index (Phi) is 2.50. The molecule has 0 heterocycles. The normalized spacial score (nSPS) is 10.9. The van der Waals surface area contributed by atoms with Gasteiger partial charge in [0.1, 0.15) is 0 Å². The number of hydrogen-bond acceptors (Lipinski definition) is 2. The second-order valence-electron chi connectivity index (χ2n) is 1.71. The maximum atomic E-state index is 11.2. The summed E-state index contributed by atoms with van der Waals surface area (Å²) in [7, 11) is 2.32. The van der Waals surface area contributed by atoms with Gasteiger partial charge in [-0.25, -0.2) is 4.79 Å². The lowest BCUT2D eigenvalue weighted by Crippen LogP contribution is -2.29. The molecule has 0 atom stereocenters. The highest BCUT2D eigenvalue weighted by atomic mass is 19.4. The first-order valence-electron chi connectivity index (χ1n) is 2.30. The molecule has 0 aliphatic carbocycles. The van der Waals surface area contributed by atoms with Gasteiger partial charge in [0.2, 0.25) is 0 Å². The van der Waals surface area contributed by atoms with Crippen molar-refractivity contribution < 1.29 is 22.7 Å². The number of carbonyl (C=O) groups excluding carboxylic acids is 1. The minimum Gasteiger partial charge on any atom is -0.356 e. The number of amides is 1. The van der Waals surface area contributed by atoms with Crippen LogP contribution in [0.5, 0.6) is 0 Å². The SMILES string of the molecule is CN(C)C(=O)OC(F)(F)F.